The minimum Gasteiger partial charge on any atom is -0.399 e. The summed E-state index contributed by atoms with van der Waals surface area (Å²) in [5.74, 6) is 0.00256. The van der Waals surface area contributed by atoms with Crippen LogP contribution in [0.25, 0.3) is 0 Å². The van der Waals surface area contributed by atoms with Gasteiger partial charge in [0, 0.05) is 17.9 Å². The summed E-state index contributed by atoms with van der Waals surface area (Å²) in [6.07, 6.45) is 0.748. The molecule has 1 aliphatic rings. The molecule has 21 heavy (non-hydrogen) atoms. The molecule has 6 nitrogen and oxygen atoms in total. The SMILES string of the molecule is CNC1CCN(C(C)C(=O)CNc2ccc(N)cc2)C1=O. The Bertz CT molecular complexity index is 515. The zero-order chi connectivity index (χ0) is 15.4. The Balaban J connectivity index is 1.88. The number of benzene rings is 1. The Hall–Kier alpha value is -2.08. The van der Waals surface area contributed by atoms with Crippen LogP contribution in [0.4, 0.5) is 11.4 Å². The molecule has 0 radical (unpaired) electrons. The van der Waals surface area contributed by atoms with Gasteiger partial charge in [0.2, 0.25) is 5.91 Å². The number of nitrogens with zero attached hydrogens (tertiary/aromatic N) is 1. The molecule has 1 fully saturated rings. The molecule has 0 spiro atoms. The molecular formula is C15H22N4O2. The summed E-state index contributed by atoms with van der Waals surface area (Å²) in [5.41, 5.74) is 7.13. The highest BCUT2D eigenvalue weighted by Gasteiger charge is 2.35. The van der Waals surface area contributed by atoms with Crippen molar-refractivity contribution in [1.29, 1.82) is 0 Å². The van der Waals surface area contributed by atoms with Crippen molar-refractivity contribution in [2.24, 2.45) is 0 Å². The van der Waals surface area contributed by atoms with E-state index in [1.165, 1.54) is 0 Å². The number of nitrogens with two attached hydrogens (primary N) is 1. The van der Waals surface area contributed by atoms with Crippen molar-refractivity contribution >= 4 is 23.1 Å². The highest BCUT2D eigenvalue weighted by atomic mass is 16.2. The Morgan fingerprint density at radius 3 is 2.67 bits per heavy atom. The third kappa shape index (κ3) is 3.52. The predicted octanol–water partition coefficient (Wildman–Crippen LogP) is 0.459. The Labute approximate surface area is 124 Å². The molecule has 0 aliphatic carbocycles. The number of carbonyl (C=O) groups excluding carboxylic acids is 2. The first-order chi connectivity index (χ1) is 10.0. The first-order valence-electron chi connectivity index (χ1n) is 7.13. The number of nitrogens with one attached hydrogen (secondary N) is 2. The van der Waals surface area contributed by atoms with Crippen LogP contribution in [0.1, 0.15) is 13.3 Å². The fourth-order valence-corrected chi connectivity index (χ4v) is 2.47. The summed E-state index contributed by atoms with van der Waals surface area (Å²) in [6.45, 7) is 2.60. The highest BCUT2D eigenvalue weighted by Crippen LogP contribution is 2.15. The van der Waals surface area contributed by atoms with E-state index in [1.807, 2.05) is 12.1 Å². The molecule has 6 heteroatoms. The largest absolute Gasteiger partial charge is 0.399 e. The van der Waals surface area contributed by atoms with Crippen LogP contribution in [0.15, 0.2) is 24.3 Å². The second kappa shape index (κ2) is 6.58. The maximum atomic E-state index is 12.2. The number of nitrogen functional groups attached to an aromatic ring is 1. The number of hydrogen-bond donors (Lipinski definition) is 3. The average molecular weight is 290 g/mol. The van der Waals surface area contributed by atoms with E-state index in [9.17, 15) is 9.59 Å². The smallest absolute Gasteiger partial charge is 0.240 e. The fourth-order valence-electron chi connectivity index (χ4n) is 2.47. The van der Waals surface area contributed by atoms with Gasteiger partial charge < -0.3 is 21.3 Å². The molecule has 2 rings (SSSR count). The maximum absolute atomic E-state index is 12.2. The molecule has 1 aromatic rings. The van der Waals surface area contributed by atoms with Crippen LogP contribution >= 0.6 is 0 Å². The summed E-state index contributed by atoms with van der Waals surface area (Å²) in [7, 11) is 1.77. The fraction of sp³-hybridized carbons (Fsp3) is 0.467. The maximum Gasteiger partial charge on any atom is 0.240 e. The average Bonchev–Trinajstić information content (AvgIpc) is 2.86. The van der Waals surface area contributed by atoms with Gasteiger partial charge in [-0.25, -0.2) is 0 Å². The summed E-state index contributed by atoms with van der Waals surface area (Å²) in [6, 6.07) is 6.63. The van der Waals surface area contributed by atoms with Gasteiger partial charge in [0.25, 0.3) is 0 Å². The molecule has 0 bridgehead atoms. The third-order valence-electron chi connectivity index (χ3n) is 3.90. The van der Waals surface area contributed by atoms with Crippen LogP contribution in [0.2, 0.25) is 0 Å². The Morgan fingerprint density at radius 1 is 1.43 bits per heavy atom. The van der Waals surface area contributed by atoms with Gasteiger partial charge in [-0.3, -0.25) is 9.59 Å². The van der Waals surface area contributed by atoms with Gasteiger partial charge in [0.15, 0.2) is 5.78 Å². The van der Waals surface area contributed by atoms with E-state index in [-0.39, 0.29) is 24.3 Å². The van der Waals surface area contributed by atoms with E-state index in [2.05, 4.69) is 10.6 Å². The van der Waals surface area contributed by atoms with Gasteiger partial charge in [-0.05, 0) is 44.7 Å². The molecule has 4 N–H and O–H groups in total. The number of Topliss-reactive ketones (excluding diaryl/α,β-unsaturated/α-hetero) is 1. The van der Waals surface area contributed by atoms with Crippen molar-refractivity contribution in [2.45, 2.75) is 25.4 Å². The van der Waals surface area contributed by atoms with Crippen molar-refractivity contribution in [2.75, 3.05) is 31.2 Å². The summed E-state index contributed by atoms with van der Waals surface area (Å²) >= 11 is 0. The van der Waals surface area contributed by atoms with Gasteiger partial charge in [0.05, 0.1) is 18.6 Å². The highest BCUT2D eigenvalue weighted by molar-refractivity contribution is 5.93. The number of likely N-dealkylation sites (tertiary alicyclic amines) is 1. The zero-order valence-corrected chi connectivity index (χ0v) is 12.4. The first-order valence-corrected chi connectivity index (χ1v) is 7.13. The number of ketones is 1. The lowest BCUT2D eigenvalue weighted by atomic mass is 10.2. The number of hydrogen-bond acceptors (Lipinski definition) is 5. The minimum atomic E-state index is -0.405. The van der Waals surface area contributed by atoms with E-state index >= 15 is 0 Å². The minimum absolute atomic E-state index is 0.00284. The second-order valence-electron chi connectivity index (χ2n) is 5.28. The number of rotatable bonds is 6. The standard InChI is InChI=1S/C15H22N4O2/c1-10(19-8-7-13(17-2)15(19)21)14(20)9-18-12-5-3-11(16)4-6-12/h3-6,10,13,17-18H,7-9,16H2,1-2H3. The molecule has 1 saturated heterocycles. The van der Waals surface area contributed by atoms with Crippen LogP contribution in [0.3, 0.4) is 0 Å². The lowest BCUT2D eigenvalue weighted by Gasteiger charge is -2.24. The normalized spacial score (nSPS) is 19.6. The van der Waals surface area contributed by atoms with Crippen LogP contribution in [0.5, 0.6) is 0 Å². The topological polar surface area (TPSA) is 87.5 Å². The van der Waals surface area contributed by atoms with Crippen LogP contribution < -0.4 is 16.4 Å². The van der Waals surface area contributed by atoms with Crippen molar-refractivity contribution < 1.29 is 9.59 Å². The van der Waals surface area contributed by atoms with Crippen molar-refractivity contribution in [3.63, 3.8) is 0 Å². The quantitative estimate of drug-likeness (QED) is 0.663. The number of amides is 1. The zero-order valence-electron chi connectivity index (χ0n) is 12.4. The van der Waals surface area contributed by atoms with Crippen LogP contribution in [-0.4, -0.2) is 48.8 Å². The molecule has 114 valence electrons. The van der Waals surface area contributed by atoms with E-state index in [0.29, 0.717) is 12.2 Å². The molecule has 1 heterocycles. The van der Waals surface area contributed by atoms with Crippen molar-refractivity contribution in [3.05, 3.63) is 24.3 Å². The van der Waals surface area contributed by atoms with Crippen molar-refractivity contribution in [3.8, 4) is 0 Å². The summed E-state index contributed by atoms with van der Waals surface area (Å²) in [5, 5.41) is 6.03. The molecule has 2 atom stereocenters. The number of carbonyl (C=O) groups is 2. The molecule has 0 aromatic heterocycles. The molecule has 2 unspecified atom stereocenters. The molecule has 0 saturated carbocycles. The number of anilines is 2. The van der Waals surface area contributed by atoms with Crippen LogP contribution in [-0.2, 0) is 9.59 Å². The second-order valence-corrected chi connectivity index (χ2v) is 5.28. The molecule has 1 amide bonds. The monoisotopic (exact) mass is 290 g/mol. The van der Waals surface area contributed by atoms with E-state index in [0.717, 1.165) is 12.1 Å². The number of likely N-dealkylation sites (N-methyl/N-ethyl adjacent to an activating group) is 1. The Morgan fingerprint density at radius 2 is 2.10 bits per heavy atom. The van der Waals surface area contributed by atoms with Gasteiger partial charge >= 0.3 is 0 Å². The van der Waals surface area contributed by atoms with Gasteiger partial charge in [-0.2, -0.15) is 0 Å². The lowest BCUT2D eigenvalue weighted by Crippen LogP contribution is -2.45. The summed E-state index contributed by atoms with van der Waals surface area (Å²) in [4.78, 5) is 25.9. The van der Waals surface area contributed by atoms with E-state index in [1.54, 1.807) is 31.0 Å². The third-order valence-corrected chi connectivity index (χ3v) is 3.90. The molecule has 1 aromatic carbocycles. The van der Waals surface area contributed by atoms with E-state index < -0.39 is 6.04 Å². The van der Waals surface area contributed by atoms with Gasteiger partial charge in [0.1, 0.15) is 0 Å². The summed E-state index contributed by atoms with van der Waals surface area (Å²) < 4.78 is 0. The van der Waals surface area contributed by atoms with Crippen molar-refractivity contribution in [1.82, 2.24) is 10.2 Å². The first kappa shape index (κ1) is 15.3. The molecular weight excluding hydrogens is 268 g/mol. The van der Waals surface area contributed by atoms with Crippen LogP contribution in [0, 0.1) is 0 Å². The Kier molecular flexibility index (Phi) is 4.80. The molecule has 1 aliphatic heterocycles. The lowest BCUT2D eigenvalue weighted by molar-refractivity contribution is -0.136. The predicted molar refractivity (Wildman–Crippen MR) is 83.0 cm³/mol. The van der Waals surface area contributed by atoms with Gasteiger partial charge in [-0.15, -0.1) is 0 Å². The van der Waals surface area contributed by atoms with Gasteiger partial charge in [-0.1, -0.05) is 0 Å². The van der Waals surface area contributed by atoms with E-state index in [4.69, 9.17) is 5.73 Å².